The molecule has 1 aliphatic rings. The van der Waals surface area contributed by atoms with Crippen LogP contribution in [0.2, 0.25) is 0 Å². The van der Waals surface area contributed by atoms with Crippen LogP contribution in [-0.4, -0.2) is 11.1 Å². The molecule has 0 unspecified atom stereocenters. The van der Waals surface area contributed by atoms with E-state index in [0.717, 1.165) is 12.8 Å². The Morgan fingerprint density at radius 2 is 2.12 bits per heavy atom. The molecule has 1 aliphatic carbocycles. The zero-order chi connectivity index (χ0) is 11.2. The molecular formula is C13H12O2S. The van der Waals surface area contributed by atoms with Gasteiger partial charge in [0.25, 0.3) is 0 Å². The van der Waals surface area contributed by atoms with Crippen molar-refractivity contribution in [1.82, 2.24) is 0 Å². The van der Waals surface area contributed by atoms with E-state index in [2.05, 4.69) is 18.2 Å². The number of fused-ring (bicyclic) bond motifs is 1. The van der Waals surface area contributed by atoms with Gasteiger partial charge in [-0.15, -0.1) is 11.3 Å². The average molecular weight is 232 g/mol. The molecule has 3 heteroatoms. The van der Waals surface area contributed by atoms with Crippen LogP contribution in [0.4, 0.5) is 0 Å². The van der Waals surface area contributed by atoms with E-state index < -0.39 is 11.4 Å². The van der Waals surface area contributed by atoms with E-state index in [1.807, 2.05) is 12.1 Å². The predicted octanol–water partition coefficient (Wildman–Crippen LogP) is 3.31. The van der Waals surface area contributed by atoms with Crippen molar-refractivity contribution >= 4 is 27.4 Å². The number of rotatable bonds is 3. The van der Waals surface area contributed by atoms with Crippen molar-refractivity contribution < 1.29 is 9.90 Å². The Bertz CT molecular complexity index is 519. The number of hydrogen-bond donors (Lipinski definition) is 1. The first-order chi connectivity index (χ1) is 7.70. The fourth-order valence-electron chi connectivity index (χ4n) is 2.07. The maximum atomic E-state index is 11.1. The second kappa shape index (κ2) is 3.32. The summed E-state index contributed by atoms with van der Waals surface area (Å²) in [5.41, 5.74) is -0.444. The lowest BCUT2D eigenvalue weighted by Crippen LogP contribution is -2.16. The van der Waals surface area contributed by atoms with Crippen LogP contribution in [0.5, 0.6) is 0 Å². The minimum Gasteiger partial charge on any atom is -0.481 e. The highest BCUT2D eigenvalue weighted by Crippen LogP contribution is 2.49. The smallest absolute Gasteiger partial charge is 0.309 e. The highest BCUT2D eigenvalue weighted by atomic mass is 32.1. The van der Waals surface area contributed by atoms with Crippen molar-refractivity contribution in [2.24, 2.45) is 5.41 Å². The Labute approximate surface area is 97.5 Å². The molecule has 82 valence electrons. The van der Waals surface area contributed by atoms with Crippen molar-refractivity contribution in [3.8, 4) is 0 Å². The zero-order valence-corrected chi connectivity index (χ0v) is 9.59. The molecule has 0 bridgehead atoms. The molecule has 2 aromatic rings. The van der Waals surface area contributed by atoms with Crippen LogP contribution in [0.25, 0.3) is 10.1 Å². The first-order valence-corrected chi connectivity index (χ1v) is 6.22. The van der Waals surface area contributed by atoms with Gasteiger partial charge in [0.05, 0.1) is 5.41 Å². The van der Waals surface area contributed by atoms with E-state index in [-0.39, 0.29) is 0 Å². The Morgan fingerprint density at radius 1 is 1.38 bits per heavy atom. The van der Waals surface area contributed by atoms with Gasteiger partial charge in [0.15, 0.2) is 0 Å². The molecule has 0 atom stereocenters. The number of aliphatic carboxylic acids is 1. The molecule has 0 radical (unpaired) electrons. The van der Waals surface area contributed by atoms with Crippen LogP contribution < -0.4 is 0 Å². The van der Waals surface area contributed by atoms with Gasteiger partial charge in [0.1, 0.15) is 0 Å². The Kier molecular flexibility index (Phi) is 2.04. The van der Waals surface area contributed by atoms with Crippen LogP contribution in [0.3, 0.4) is 0 Å². The maximum Gasteiger partial charge on any atom is 0.309 e. The molecule has 1 saturated carbocycles. The van der Waals surface area contributed by atoms with Gasteiger partial charge in [-0.05, 0) is 36.8 Å². The maximum absolute atomic E-state index is 11.1. The summed E-state index contributed by atoms with van der Waals surface area (Å²) in [5, 5.41) is 10.4. The van der Waals surface area contributed by atoms with E-state index in [9.17, 15) is 4.79 Å². The van der Waals surface area contributed by atoms with Gasteiger partial charge in [-0.25, -0.2) is 0 Å². The molecule has 2 nitrogen and oxygen atoms in total. The van der Waals surface area contributed by atoms with Gasteiger partial charge in [0, 0.05) is 9.58 Å². The summed E-state index contributed by atoms with van der Waals surface area (Å²) in [6, 6.07) is 10.3. The van der Waals surface area contributed by atoms with Crippen molar-refractivity contribution in [1.29, 1.82) is 0 Å². The van der Waals surface area contributed by atoms with E-state index in [0.29, 0.717) is 6.42 Å². The third-order valence-corrected chi connectivity index (χ3v) is 4.41. The molecule has 0 amide bonds. The molecule has 1 fully saturated rings. The second-order valence-electron chi connectivity index (χ2n) is 4.51. The van der Waals surface area contributed by atoms with Crippen molar-refractivity contribution in [3.05, 3.63) is 35.2 Å². The largest absolute Gasteiger partial charge is 0.481 e. The van der Waals surface area contributed by atoms with Gasteiger partial charge in [-0.2, -0.15) is 0 Å². The topological polar surface area (TPSA) is 37.3 Å². The average Bonchev–Trinajstić information content (AvgIpc) is 2.92. The Morgan fingerprint density at radius 3 is 2.75 bits per heavy atom. The fourth-order valence-corrected chi connectivity index (χ4v) is 3.28. The first kappa shape index (κ1) is 9.85. The van der Waals surface area contributed by atoms with Gasteiger partial charge < -0.3 is 5.11 Å². The Balaban J connectivity index is 1.93. The Hall–Kier alpha value is -1.35. The lowest BCUT2D eigenvalue weighted by atomic mass is 10.0. The predicted molar refractivity (Wildman–Crippen MR) is 64.8 cm³/mol. The summed E-state index contributed by atoms with van der Waals surface area (Å²) in [6.45, 7) is 0. The zero-order valence-electron chi connectivity index (χ0n) is 8.77. The van der Waals surface area contributed by atoms with Crippen LogP contribution in [0.1, 0.15) is 17.7 Å². The monoisotopic (exact) mass is 232 g/mol. The van der Waals surface area contributed by atoms with E-state index in [1.165, 1.54) is 15.0 Å². The van der Waals surface area contributed by atoms with E-state index >= 15 is 0 Å². The number of thiophene rings is 1. The molecular weight excluding hydrogens is 220 g/mol. The molecule has 1 heterocycles. The van der Waals surface area contributed by atoms with Crippen molar-refractivity contribution in [3.63, 3.8) is 0 Å². The number of carbonyl (C=O) groups is 1. The highest BCUT2D eigenvalue weighted by molar-refractivity contribution is 7.19. The van der Waals surface area contributed by atoms with Crippen LogP contribution >= 0.6 is 11.3 Å². The lowest BCUT2D eigenvalue weighted by Gasteiger charge is -2.06. The number of hydrogen-bond acceptors (Lipinski definition) is 2. The summed E-state index contributed by atoms with van der Waals surface area (Å²) in [4.78, 5) is 12.3. The third kappa shape index (κ3) is 1.52. The SMILES string of the molecule is O=C(O)C1(Cc2cc3ccccc3s2)CC1. The fraction of sp³-hybridized carbons (Fsp3) is 0.308. The van der Waals surface area contributed by atoms with Crippen LogP contribution in [0.15, 0.2) is 30.3 Å². The minimum absolute atomic E-state index is 0.444. The van der Waals surface area contributed by atoms with Gasteiger partial charge in [0.2, 0.25) is 0 Å². The van der Waals surface area contributed by atoms with Gasteiger partial charge in [-0.1, -0.05) is 18.2 Å². The standard InChI is InChI=1S/C13H12O2S/c14-12(15)13(5-6-13)8-10-7-9-3-1-2-4-11(9)16-10/h1-4,7H,5-6,8H2,(H,14,15). The van der Waals surface area contributed by atoms with Crippen LogP contribution in [0, 0.1) is 5.41 Å². The lowest BCUT2D eigenvalue weighted by molar-refractivity contribution is -0.143. The van der Waals surface area contributed by atoms with Gasteiger partial charge in [-0.3, -0.25) is 4.79 Å². The van der Waals surface area contributed by atoms with Crippen LogP contribution in [-0.2, 0) is 11.2 Å². The normalized spacial score (nSPS) is 17.5. The summed E-state index contributed by atoms with van der Waals surface area (Å²) in [5.74, 6) is -0.634. The summed E-state index contributed by atoms with van der Waals surface area (Å²) in [7, 11) is 0. The van der Waals surface area contributed by atoms with Crippen molar-refractivity contribution in [2.75, 3.05) is 0 Å². The third-order valence-electron chi connectivity index (χ3n) is 3.30. The van der Waals surface area contributed by atoms with E-state index in [1.54, 1.807) is 11.3 Å². The summed E-state index contributed by atoms with van der Waals surface area (Å²) < 4.78 is 1.25. The van der Waals surface area contributed by atoms with Gasteiger partial charge >= 0.3 is 5.97 Å². The molecule has 3 rings (SSSR count). The molecule has 1 aromatic carbocycles. The number of benzene rings is 1. The minimum atomic E-state index is -0.634. The molecule has 1 aromatic heterocycles. The number of carboxylic acid groups (broad SMARTS) is 1. The summed E-state index contributed by atoms with van der Waals surface area (Å²) >= 11 is 1.72. The summed E-state index contributed by atoms with van der Waals surface area (Å²) in [6.07, 6.45) is 2.36. The molecule has 0 aliphatic heterocycles. The van der Waals surface area contributed by atoms with E-state index in [4.69, 9.17) is 5.11 Å². The first-order valence-electron chi connectivity index (χ1n) is 5.40. The molecule has 0 spiro atoms. The molecule has 0 saturated heterocycles. The quantitative estimate of drug-likeness (QED) is 0.881. The molecule has 1 N–H and O–H groups in total. The number of carboxylic acids is 1. The molecule has 16 heavy (non-hydrogen) atoms. The second-order valence-corrected chi connectivity index (χ2v) is 5.68. The van der Waals surface area contributed by atoms with Crippen molar-refractivity contribution in [2.45, 2.75) is 19.3 Å². The highest BCUT2D eigenvalue weighted by Gasteiger charge is 2.50.